The normalized spacial score (nSPS) is 12.7. The minimum absolute atomic E-state index is 0.111. The fourth-order valence-electron chi connectivity index (χ4n) is 1.25. The first-order valence-corrected chi connectivity index (χ1v) is 4.55. The van der Waals surface area contributed by atoms with Crippen molar-refractivity contribution in [3.8, 4) is 11.3 Å². The summed E-state index contributed by atoms with van der Waals surface area (Å²) in [7, 11) is 0. The molecule has 0 bridgehead atoms. The van der Waals surface area contributed by atoms with Crippen LogP contribution >= 0.6 is 0 Å². The first-order valence-electron chi connectivity index (χ1n) is 4.55. The van der Waals surface area contributed by atoms with E-state index in [9.17, 15) is 0 Å². The minimum Gasteiger partial charge on any atom is -0.359 e. The summed E-state index contributed by atoms with van der Waals surface area (Å²) in [6.07, 6.45) is 0. The lowest BCUT2D eigenvalue weighted by molar-refractivity contribution is 0.369. The zero-order valence-corrected chi connectivity index (χ0v) is 7.97. The van der Waals surface area contributed by atoms with Crippen LogP contribution in [0.5, 0.6) is 0 Å². The predicted molar refractivity (Wildman–Crippen MR) is 54.5 cm³/mol. The zero-order valence-electron chi connectivity index (χ0n) is 7.97. The molecule has 14 heavy (non-hydrogen) atoms. The zero-order chi connectivity index (χ0) is 9.97. The van der Waals surface area contributed by atoms with E-state index in [1.807, 2.05) is 43.3 Å². The third-order valence-electron chi connectivity index (χ3n) is 2.05. The van der Waals surface area contributed by atoms with Crippen molar-refractivity contribution in [2.45, 2.75) is 13.0 Å². The van der Waals surface area contributed by atoms with Crippen molar-refractivity contribution >= 4 is 0 Å². The Morgan fingerprint density at radius 2 is 2.00 bits per heavy atom. The van der Waals surface area contributed by atoms with E-state index in [0.717, 1.165) is 11.3 Å². The van der Waals surface area contributed by atoms with E-state index in [1.54, 1.807) is 0 Å². The Morgan fingerprint density at radius 3 is 2.57 bits per heavy atom. The molecule has 0 radical (unpaired) electrons. The Bertz CT molecular complexity index is 406. The maximum absolute atomic E-state index is 5.67. The molecule has 2 N–H and O–H groups in total. The van der Waals surface area contributed by atoms with Crippen LogP contribution < -0.4 is 5.73 Å². The van der Waals surface area contributed by atoms with E-state index >= 15 is 0 Å². The van der Waals surface area contributed by atoms with Gasteiger partial charge in [-0.05, 0) is 6.92 Å². The van der Waals surface area contributed by atoms with Crippen molar-refractivity contribution in [3.05, 3.63) is 42.2 Å². The van der Waals surface area contributed by atoms with E-state index in [-0.39, 0.29) is 6.04 Å². The van der Waals surface area contributed by atoms with Crippen LogP contribution in [0.2, 0.25) is 0 Å². The Labute approximate surface area is 82.5 Å². The molecule has 0 saturated carbocycles. The summed E-state index contributed by atoms with van der Waals surface area (Å²) in [5.41, 5.74) is 7.55. The molecule has 2 rings (SSSR count). The molecule has 0 saturated heterocycles. The lowest BCUT2D eigenvalue weighted by atomic mass is 10.1. The van der Waals surface area contributed by atoms with Crippen LogP contribution in [0.3, 0.4) is 0 Å². The van der Waals surface area contributed by atoms with Gasteiger partial charge < -0.3 is 10.3 Å². The molecule has 1 heterocycles. The number of nitrogens with two attached hydrogens (primary N) is 1. The van der Waals surface area contributed by atoms with Gasteiger partial charge in [0.2, 0.25) is 0 Å². The highest BCUT2D eigenvalue weighted by atomic mass is 16.5. The highest BCUT2D eigenvalue weighted by molar-refractivity contribution is 5.58. The van der Waals surface area contributed by atoms with Crippen molar-refractivity contribution in [2.75, 3.05) is 0 Å². The number of nitrogens with zero attached hydrogens (tertiary/aromatic N) is 1. The number of hydrogen-bond donors (Lipinski definition) is 1. The molecule has 72 valence electrons. The first-order chi connectivity index (χ1) is 6.77. The van der Waals surface area contributed by atoms with E-state index in [1.165, 1.54) is 0 Å². The monoisotopic (exact) mass is 188 g/mol. The van der Waals surface area contributed by atoms with Gasteiger partial charge in [0, 0.05) is 11.6 Å². The topological polar surface area (TPSA) is 52.0 Å². The molecule has 0 amide bonds. The van der Waals surface area contributed by atoms with Gasteiger partial charge in [-0.3, -0.25) is 0 Å². The van der Waals surface area contributed by atoms with Crippen LogP contribution in [0, 0.1) is 0 Å². The summed E-state index contributed by atoms with van der Waals surface area (Å²) < 4.78 is 5.11. The second-order valence-electron chi connectivity index (χ2n) is 3.27. The molecular formula is C11H12N2O. The van der Waals surface area contributed by atoms with Gasteiger partial charge in [0.25, 0.3) is 0 Å². The summed E-state index contributed by atoms with van der Waals surface area (Å²) in [5, 5.41) is 3.95. The molecule has 0 aliphatic rings. The summed E-state index contributed by atoms with van der Waals surface area (Å²) in [5.74, 6) is 0.712. The van der Waals surface area contributed by atoms with E-state index < -0.39 is 0 Å². The molecule has 1 unspecified atom stereocenters. The Morgan fingerprint density at radius 1 is 1.29 bits per heavy atom. The molecule has 3 nitrogen and oxygen atoms in total. The Hall–Kier alpha value is -1.61. The van der Waals surface area contributed by atoms with Crippen molar-refractivity contribution in [1.82, 2.24) is 5.16 Å². The van der Waals surface area contributed by atoms with Gasteiger partial charge in [0.15, 0.2) is 5.76 Å². The smallest absolute Gasteiger partial charge is 0.153 e. The predicted octanol–water partition coefficient (Wildman–Crippen LogP) is 2.36. The van der Waals surface area contributed by atoms with Crippen molar-refractivity contribution in [2.24, 2.45) is 5.73 Å². The highest BCUT2D eigenvalue weighted by Gasteiger charge is 2.08. The third-order valence-corrected chi connectivity index (χ3v) is 2.05. The van der Waals surface area contributed by atoms with Crippen LogP contribution in [-0.2, 0) is 0 Å². The van der Waals surface area contributed by atoms with Gasteiger partial charge in [-0.25, -0.2) is 0 Å². The number of benzene rings is 1. The fourth-order valence-corrected chi connectivity index (χ4v) is 1.25. The SMILES string of the molecule is CC(N)c1cc(-c2ccccc2)no1. The van der Waals surface area contributed by atoms with Gasteiger partial charge >= 0.3 is 0 Å². The summed E-state index contributed by atoms with van der Waals surface area (Å²) in [6.45, 7) is 1.87. The second kappa shape index (κ2) is 3.64. The van der Waals surface area contributed by atoms with Crippen LogP contribution in [0.1, 0.15) is 18.7 Å². The van der Waals surface area contributed by atoms with Crippen molar-refractivity contribution in [1.29, 1.82) is 0 Å². The first kappa shape index (κ1) is 8.97. The fraction of sp³-hybridized carbons (Fsp3) is 0.182. The number of aromatic nitrogens is 1. The molecule has 1 aromatic carbocycles. The van der Waals surface area contributed by atoms with Crippen molar-refractivity contribution in [3.63, 3.8) is 0 Å². The maximum Gasteiger partial charge on any atom is 0.153 e. The standard InChI is InChI=1S/C11H12N2O/c1-8(12)11-7-10(13-14-11)9-5-3-2-4-6-9/h2-8H,12H2,1H3. The third kappa shape index (κ3) is 1.67. The average molecular weight is 188 g/mol. The minimum atomic E-state index is -0.111. The summed E-state index contributed by atoms with van der Waals surface area (Å²) in [4.78, 5) is 0. The molecular weight excluding hydrogens is 176 g/mol. The average Bonchev–Trinajstić information content (AvgIpc) is 2.68. The van der Waals surface area contributed by atoms with Gasteiger partial charge in [0.1, 0.15) is 5.69 Å². The van der Waals surface area contributed by atoms with Gasteiger partial charge in [-0.2, -0.15) is 0 Å². The van der Waals surface area contributed by atoms with Gasteiger partial charge in [-0.1, -0.05) is 35.5 Å². The summed E-state index contributed by atoms with van der Waals surface area (Å²) in [6, 6.07) is 11.6. The molecule has 0 fully saturated rings. The largest absolute Gasteiger partial charge is 0.359 e. The van der Waals surface area contributed by atoms with E-state index in [4.69, 9.17) is 10.3 Å². The lowest BCUT2D eigenvalue weighted by Gasteiger charge is -1.94. The van der Waals surface area contributed by atoms with E-state index in [0.29, 0.717) is 5.76 Å². The van der Waals surface area contributed by atoms with E-state index in [2.05, 4.69) is 5.16 Å². The van der Waals surface area contributed by atoms with Crippen molar-refractivity contribution < 1.29 is 4.52 Å². The molecule has 0 aliphatic carbocycles. The van der Waals surface area contributed by atoms with Gasteiger partial charge in [-0.15, -0.1) is 0 Å². The highest BCUT2D eigenvalue weighted by Crippen LogP contribution is 2.20. The molecule has 1 atom stereocenters. The Balaban J connectivity index is 2.34. The maximum atomic E-state index is 5.67. The quantitative estimate of drug-likeness (QED) is 0.787. The molecule has 2 aromatic rings. The number of rotatable bonds is 2. The van der Waals surface area contributed by atoms with Crippen LogP contribution in [0.15, 0.2) is 40.9 Å². The Kier molecular flexibility index (Phi) is 2.33. The molecule has 0 spiro atoms. The molecule has 0 aliphatic heterocycles. The van der Waals surface area contributed by atoms with Crippen LogP contribution in [0.25, 0.3) is 11.3 Å². The van der Waals surface area contributed by atoms with Crippen LogP contribution in [-0.4, -0.2) is 5.16 Å². The van der Waals surface area contributed by atoms with Gasteiger partial charge in [0.05, 0.1) is 6.04 Å². The number of hydrogen-bond acceptors (Lipinski definition) is 3. The molecule has 1 aromatic heterocycles. The lowest BCUT2D eigenvalue weighted by Crippen LogP contribution is -2.02. The van der Waals surface area contributed by atoms with Crippen LogP contribution in [0.4, 0.5) is 0 Å². The second-order valence-corrected chi connectivity index (χ2v) is 3.27. The summed E-state index contributed by atoms with van der Waals surface area (Å²) >= 11 is 0. The molecule has 3 heteroatoms.